The molecule has 0 radical (unpaired) electrons. The van der Waals surface area contributed by atoms with E-state index in [4.69, 9.17) is 11.6 Å². The van der Waals surface area contributed by atoms with Gasteiger partial charge in [-0.25, -0.2) is 0 Å². The molecule has 0 aliphatic heterocycles. The van der Waals surface area contributed by atoms with E-state index in [-0.39, 0.29) is 30.7 Å². The lowest BCUT2D eigenvalue weighted by Crippen LogP contribution is -2.34. The summed E-state index contributed by atoms with van der Waals surface area (Å²) in [5, 5.41) is 3.31. The summed E-state index contributed by atoms with van der Waals surface area (Å²) in [5.74, 6) is -0.696. The van der Waals surface area contributed by atoms with Crippen LogP contribution < -0.4 is 5.32 Å². The first-order chi connectivity index (χ1) is 11.9. The van der Waals surface area contributed by atoms with Gasteiger partial charge in [-0.15, -0.1) is 0 Å². The zero-order valence-electron chi connectivity index (χ0n) is 14.5. The van der Waals surface area contributed by atoms with Gasteiger partial charge in [-0.1, -0.05) is 23.7 Å². The lowest BCUT2D eigenvalue weighted by molar-refractivity contribution is -0.141. The topological polar surface area (TPSA) is 75.7 Å². The van der Waals surface area contributed by atoms with Crippen molar-refractivity contribution in [2.75, 3.05) is 26.7 Å². The Morgan fingerprint density at radius 2 is 1.88 bits per heavy atom. The number of amides is 2. The summed E-state index contributed by atoms with van der Waals surface area (Å²) in [4.78, 5) is 36.2. The predicted molar refractivity (Wildman–Crippen MR) is 97.0 cm³/mol. The van der Waals surface area contributed by atoms with Crippen molar-refractivity contribution in [1.82, 2.24) is 10.2 Å². The van der Waals surface area contributed by atoms with Crippen LogP contribution in [0.3, 0.4) is 0 Å². The fourth-order valence-electron chi connectivity index (χ4n) is 2.04. The lowest BCUT2D eigenvalue weighted by atomic mass is 10.2. The monoisotopic (exact) mass is 366 g/mol. The number of nitrogens with zero attached hydrogens (tertiary/aromatic N) is 1. The number of hydrogen-bond acceptors (Lipinski definition) is 4. The Balaban J connectivity index is 2.64. The predicted octanol–water partition coefficient (Wildman–Crippen LogP) is 2.27. The second-order valence-corrected chi connectivity index (χ2v) is 5.81. The van der Waals surface area contributed by atoms with E-state index in [1.165, 1.54) is 20.1 Å². The third-order valence-corrected chi connectivity index (χ3v) is 3.64. The average Bonchev–Trinajstić information content (AvgIpc) is 2.59. The lowest BCUT2D eigenvalue weighted by Gasteiger charge is -2.20. The van der Waals surface area contributed by atoms with E-state index in [1.54, 1.807) is 23.1 Å². The van der Waals surface area contributed by atoms with E-state index in [1.807, 2.05) is 12.1 Å². The van der Waals surface area contributed by atoms with Crippen molar-refractivity contribution in [3.05, 3.63) is 40.9 Å². The van der Waals surface area contributed by atoms with Crippen LogP contribution >= 0.6 is 11.6 Å². The third-order valence-electron chi connectivity index (χ3n) is 3.39. The Bertz CT molecular complexity index is 614. The molecule has 0 spiro atoms. The first kappa shape index (κ1) is 20.7. The standard InChI is InChI=1S/C18H23ClN2O4/c1-14(22)20-11-3-12-21(13-10-18(24)25-2)17(23)9-6-15-4-7-16(19)8-5-15/h4-9H,3,10-13H2,1-2H3,(H,20,22)/b9-6+. The number of ether oxygens (including phenoxy) is 1. The van der Waals surface area contributed by atoms with Crippen LogP contribution in [0.15, 0.2) is 30.3 Å². The molecule has 0 heterocycles. The SMILES string of the molecule is COC(=O)CCN(CCCNC(C)=O)C(=O)/C=C/c1ccc(Cl)cc1. The molecular formula is C18H23ClN2O4. The normalized spacial score (nSPS) is 10.5. The number of nitrogens with one attached hydrogen (secondary N) is 1. The Hall–Kier alpha value is -2.34. The molecule has 0 fully saturated rings. The van der Waals surface area contributed by atoms with E-state index in [0.717, 1.165) is 5.56 Å². The number of halogens is 1. The summed E-state index contributed by atoms with van der Waals surface area (Å²) in [6, 6.07) is 7.10. The van der Waals surface area contributed by atoms with Gasteiger partial charge >= 0.3 is 5.97 Å². The highest BCUT2D eigenvalue weighted by Crippen LogP contribution is 2.11. The van der Waals surface area contributed by atoms with Crippen molar-refractivity contribution in [2.45, 2.75) is 19.8 Å². The Kier molecular flexibility index (Phi) is 9.32. The van der Waals surface area contributed by atoms with Gasteiger partial charge in [0.25, 0.3) is 0 Å². The Morgan fingerprint density at radius 3 is 2.48 bits per heavy atom. The van der Waals surface area contributed by atoms with Crippen LogP contribution in [0.1, 0.15) is 25.3 Å². The Labute approximate surface area is 152 Å². The van der Waals surface area contributed by atoms with Gasteiger partial charge in [0.15, 0.2) is 0 Å². The number of carbonyl (C=O) groups excluding carboxylic acids is 3. The maximum absolute atomic E-state index is 12.4. The number of benzene rings is 1. The van der Waals surface area contributed by atoms with Crippen LogP contribution in [0.2, 0.25) is 5.02 Å². The summed E-state index contributed by atoms with van der Waals surface area (Å²) >= 11 is 5.83. The van der Waals surface area contributed by atoms with Crippen molar-refractivity contribution in [3.63, 3.8) is 0 Å². The van der Waals surface area contributed by atoms with Crippen molar-refractivity contribution < 1.29 is 19.1 Å². The molecule has 6 nitrogen and oxygen atoms in total. The van der Waals surface area contributed by atoms with Crippen molar-refractivity contribution in [3.8, 4) is 0 Å². The molecule has 0 aliphatic rings. The van der Waals surface area contributed by atoms with Gasteiger partial charge in [-0.2, -0.15) is 0 Å². The van der Waals surface area contributed by atoms with Crippen LogP contribution in [-0.2, 0) is 19.1 Å². The molecule has 0 unspecified atom stereocenters. The highest BCUT2D eigenvalue weighted by atomic mass is 35.5. The second-order valence-electron chi connectivity index (χ2n) is 5.37. The fraction of sp³-hybridized carbons (Fsp3) is 0.389. The quantitative estimate of drug-likeness (QED) is 0.413. The molecular weight excluding hydrogens is 344 g/mol. The molecule has 2 amide bonds. The number of hydrogen-bond donors (Lipinski definition) is 1. The number of rotatable bonds is 9. The molecule has 0 saturated carbocycles. The molecule has 25 heavy (non-hydrogen) atoms. The number of esters is 1. The molecule has 7 heteroatoms. The van der Waals surface area contributed by atoms with Gasteiger partial charge in [0.05, 0.1) is 13.5 Å². The molecule has 1 aromatic rings. The van der Waals surface area contributed by atoms with Crippen LogP contribution in [0.4, 0.5) is 0 Å². The van der Waals surface area contributed by atoms with Gasteiger partial charge < -0.3 is 15.0 Å². The highest BCUT2D eigenvalue weighted by Gasteiger charge is 2.12. The summed E-state index contributed by atoms with van der Waals surface area (Å²) in [6.07, 6.45) is 3.87. The maximum atomic E-state index is 12.4. The average molecular weight is 367 g/mol. The van der Waals surface area contributed by atoms with Crippen LogP contribution in [0, 0.1) is 0 Å². The van der Waals surface area contributed by atoms with Gasteiger partial charge in [-0.3, -0.25) is 14.4 Å². The van der Waals surface area contributed by atoms with Gasteiger partial charge in [0, 0.05) is 37.7 Å². The highest BCUT2D eigenvalue weighted by molar-refractivity contribution is 6.30. The van der Waals surface area contributed by atoms with Gasteiger partial charge in [0.1, 0.15) is 0 Å². The molecule has 0 aliphatic carbocycles. The number of carbonyl (C=O) groups is 3. The fourth-order valence-corrected chi connectivity index (χ4v) is 2.17. The molecule has 136 valence electrons. The largest absolute Gasteiger partial charge is 0.469 e. The van der Waals surface area contributed by atoms with E-state index >= 15 is 0 Å². The van der Waals surface area contributed by atoms with Crippen molar-refractivity contribution in [1.29, 1.82) is 0 Å². The van der Waals surface area contributed by atoms with Crippen LogP contribution in [-0.4, -0.2) is 49.4 Å². The van der Waals surface area contributed by atoms with E-state index in [2.05, 4.69) is 10.1 Å². The van der Waals surface area contributed by atoms with Gasteiger partial charge in [0.2, 0.25) is 11.8 Å². The molecule has 1 aromatic carbocycles. The van der Waals surface area contributed by atoms with Crippen molar-refractivity contribution >= 4 is 35.5 Å². The molecule has 0 saturated heterocycles. The number of methoxy groups -OCH3 is 1. The summed E-state index contributed by atoms with van der Waals surface area (Å²) in [7, 11) is 1.31. The second kappa shape index (κ2) is 11.3. The molecule has 1 N–H and O–H groups in total. The molecule has 0 aromatic heterocycles. The smallest absolute Gasteiger partial charge is 0.307 e. The minimum atomic E-state index is -0.374. The third kappa shape index (κ3) is 8.91. The van der Waals surface area contributed by atoms with Crippen LogP contribution in [0.25, 0.3) is 6.08 Å². The van der Waals surface area contributed by atoms with E-state index in [9.17, 15) is 14.4 Å². The first-order valence-corrected chi connectivity index (χ1v) is 8.34. The minimum Gasteiger partial charge on any atom is -0.469 e. The molecule has 0 bridgehead atoms. The summed E-state index contributed by atoms with van der Waals surface area (Å²) in [5.41, 5.74) is 0.851. The summed E-state index contributed by atoms with van der Waals surface area (Å²) < 4.78 is 4.61. The van der Waals surface area contributed by atoms with E-state index < -0.39 is 0 Å². The minimum absolute atomic E-state index is 0.116. The Morgan fingerprint density at radius 1 is 1.20 bits per heavy atom. The zero-order valence-corrected chi connectivity index (χ0v) is 15.2. The van der Waals surface area contributed by atoms with Crippen LogP contribution in [0.5, 0.6) is 0 Å². The molecule has 0 atom stereocenters. The van der Waals surface area contributed by atoms with Gasteiger partial charge in [-0.05, 0) is 30.2 Å². The molecule has 1 rings (SSSR count). The summed E-state index contributed by atoms with van der Waals surface area (Å²) in [6.45, 7) is 2.60. The van der Waals surface area contributed by atoms with Crippen molar-refractivity contribution in [2.24, 2.45) is 0 Å². The first-order valence-electron chi connectivity index (χ1n) is 7.96. The zero-order chi connectivity index (χ0) is 18.7. The van der Waals surface area contributed by atoms with E-state index in [0.29, 0.717) is 24.5 Å². The maximum Gasteiger partial charge on any atom is 0.307 e.